The lowest BCUT2D eigenvalue weighted by atomic mass is 9.64. The van der Waals surface area contributed by atoms with E-state index in [4.69, 9.17) is 0 Å². The summed E-state index contributed by atoms with van der Waals surface area (Å²) < 4.78 is 1.96. The minimum Gasteiger partial charge on any atom is -0.343 e. The van der Waals surface area contributed by atoms with Crippen LogP contribution in [-0.4, -0.2) is 27.6 Å². The van der Waals surface area contributed by atoms with Crippen molar-refractivity contribution in [2.75, 3.05) is 12.4 Å². The molecular formula is C19H19N5. The molecule has 0 radical (unpaired) electrons. The number of fused-ring (bicyclic) bond motifs is 3. The van der Waals surface area contributed by atoms with Gasteiger partial charge in [-0.05, 0) is 43.0 Å². The quantitative estimate of drug-likeness (QED) is 0.746. The third-order valence-corrected chi connectivity index (χ3v) is 5.55. The Kier molecular flexibility index (Phi) is 2.66. The Labute approximate surface area is 140 Å². The second kappa shape index (κ2) is 4.66. The molecule has 5 nitrogen and oxygen atoms in total. The number of aliphatic imine (C=N–C) groups is 1. The molecule has 1 N–H and O–H groups in total. The molecule has 5 heteroatoms. The van der Waals surface area contributed by atoms with Crippen LogP contribution >= 0.6 is 0 Å². The highest BCUT2D eigenvalue weighted by Gasteiger charge is 2.49. The average molecular weight is 317 g/mol. The number of hydrogen-bond donors (Lipinski definition) is 1. The van der Waals surface area contributed by atoms with Crippen LogP contribution in [0.1, 0.15) is 30.4 Å². The van der Waals surface area contributed by atoms with Gasteiger partial charge in [-0.2, -0.15) is 5.10 Å². The first-order chi connectivity index (χ1) is 11.7. The van der Waals surface area contributed by atoms with Gasteiger partial charge < -0.3 is 5.32 Å². The van der Waals surface area contributed by atoms with Crippen LogP contribution < -0.4 is 5.32 Å². The van der Waals surface area contributed by atoms with Crippen molar-refractivity contribution < 1.29 is 0 Å². The van der Waals surface area contributed by atoms with Crippen LogP contribution in [0.25, 0.3) is 16.6 Å². The van der Waals surface area contributed by atoms with E-state index in [1.165, 1.54) is 36.1 Å². The van der Waals surface area contributed by atoms with Crippen LogP contribution in [0.3, 0.4) is 0 Å². The summed E-state index contributed by atoms with van der Waals surface area (Å²) in [5.74, 6) is 1.12. The minimum atomic E-state index is 0.131. The first-order valence-corrected chi connectivity index (χ1v) is 8.40. The summed E-state index contributed by atoms with van der Waals surface area (Å²) in [6.45, 7) is 2.16. The molecule has 0 saturated heterocycles. The van der Waals surface area contributed by atoms with Gasteiger partial charge in [0, 0.05) is 30.5 Å². The molecule has 1 aliphatic heterocycles. The molecule has 0 amide bonds. The molecule has 120 valence electrons. The Hall–Kier alpha value is -2.69. The van der Waals surface area contributed by atoms with Crippen LogP contribution in [-0.2, 0) is 5.41 Å². The summed E-state index contributed by atoms with van der Waals surface area (Å²) in [5, 5.41) is 9.32. The molecular weight excluding hydrogens is 298 g/mol. The number of nitrogens with zero attached hydrogens (tertiary/aromatic N) is 4. The van der Waals surface area contributed by atoms with E-state index in [1.807, 2.05) is 17.8 Å². The Balaban J connectivity index is 1.68. The number of hydrogen-bond acceptors (Lipinski definition) is 3. The molecule has 0 atom stereocenters. The summed E-state index contributed by atoms with van der Waals surface area (Å²) in [7, 11) is 1.88. The lowest BCUT2D eigenvalue weighted by Crippen LogP contribution is -2.41. The van der Waals surface area contributed by atoms with Crippen molar-refractivity contribution in [2.45, 2.75) is 31.6 Å². The monoisotopic (exact) mass is 317 g/mol. The molecule has 0 bridgehead atoms. The molecule has 1 saturated carbocycles. The fourth-order valence-corrected chi connectivity index (χ4v) is 4.11. The number of pyridine rings is 1. The zero-order valence-corrected chi connectivity index (χ0v) is 13.9. The zero-order chi connectivity index (χ0) is 16.3. The predicted octanol–water partition coefficient (Wildman–Crippen LogP) is 3.60. The molecule has 2 aliphatic rings. The molecule has 3 heterocycles. The normalized spacial score (nSPS) is 19.5. The van der Waals surface area contributed by atoms with E-state index in [1.54, 1.807) is 12.4 Å². The van der Waals surface area contributed by atoms with Gasteiger partial charge in [-0.25, -0.2) is 4.68 Å². The summed E-state index contributed by atoms with van der Waals surface area (Å²) >= 11 is 0. The number of aromatic nitrogens is 3. The van der Waals surface area contributed by atoms with Gasteiger partial charge in [0.15, 0.2) is 0 Å². The number of benzene rings is 1. The van der Waals surface area contributed by atoms with Crippen molar-refractivity contribution in [1.82, 2.24) is 14.8 Å². The van der Waals surface area contributed by atoms with E-state index < -0.39 is 0 Å². The van der Waals surface area contributed by atoms with Crippen molar-refractivity contribution in [1.29, 1.82) is 0 Å². The largest absolute Gasteiger partial charge is 0.343 e. The second-order valence-corrected chi connectivity index (χ2v) is 6.83. The van der Waals surface area contributed by atoms with Crippen molar-refractivity contribution in [3.63, 3.8) is 0 Å². The Morgan fingerprint density at radius 3 is 2.88 bits per heavy atom. The van der Waals surface area contributed by atoms with Gasteiger partial charge in [0.25, 0.3) is 0 Å². The Bertz CT molecular complexity index is 961. The maximum Gasteiger partial charge on any atom is 0.111 e. The number of amidine groups is 1. The molecule has 1 aliphatic carbocycles. The number of rotatable bonds is 1. The SMILES string of the molecule is CN=C1Nc2cc(-n3cc4ccncc4n3)c(C)cc2C12CCC2. The van der Waals surface area contributed by atoms with E-state index in [-0.39, 0.29) is 5.41 Å². The summed E-state index contributed by atoms with van der Waals surface area (Å²) in [5.41, 5.74) is 5.95. The highest BCUT2D eigenvalue weighted by molar-refractivity contribution is 6.10. The lowest BCUT2D eigenvalue weighted by Gasteiger charge is -2.38. The topological polar surface area (TPSA) is 55.1 Å². The van der Waals surface area contributed by atoms with Crippen molar-refractivity contribution in [3.05, 3.63) is 47.9 Å². The highest BCUT2D eigenvalue weighted by Crippen LogP contribution is 2.52. The molecule has 5 rings (SSSR count). The Morgan fingerprint density at radius 2 is 2.17 bits per heavy atom. The van der Waals surface area contributed by atoms with Crippen LogP contribution in [0, 0.1) is 6.92 Å². The van der Waals surface area contributed by atoms with Gasteiger partial charge in [0.2, 0.25) is 0 Å². The van der Waals surface area contributed by atoms with Gasteiger partial charge in [-0.3, -0.25) is 9.98 Å². The molecule has 1 fully saturated rings. The zero-order valence-electron chi connectivity index (χ0n) is 13.9. The molecule has 0 unspecified atom stereocenters. The number of anilines is 1. The second-order valence-electron chi connectivity index (χ2n) is 6.83. The van der Waals surface area contributed by atoms with E-state index in [0.29, 0.717) is 0 Å². The number of aryl methyl sites for hydroxylation is 1. The van der Waals surface area contributed by atoms with Gasteiger partial charge in [-0.15, -0.1) is 0 Å². The first kappa shape index (κ1) is 13.7. The van der Waals surface area contributed by atoms with Crippen LogP contribution in [0.4, 0.5) is 5.69 Å². The maximum atomic E-state index is 4.68. The fraction of sp³-hybridized carbons (Fsp3) is 0.316. The highest BCUT2D eigenvalue weighted by atomic mass is 15.3. The van der Waals surface area contributed by atoms with Gasteiger partial charge >= 0.3 is 0 Å². The number of nitrogens with one attached hydrogen (secondary N) is 1. The maximum absolute atomic E-state index is 4.68. The molecule has 3 aromatic rings. The Morgan fingerprint density at radius 1 is 1.29 bits per heavy atom. The fourth-order valence-electron chi connectivity index (χ4n) is 4.11. The van der Waals surface area contributed by atoms with Crippen LogP contribution in [0.5, 0.6) is 0 Å². The third kappa shape index (κ3) is 1.67. The van der Waals surface area contributed by atoms with Crippen LogP contribution in [0.2, 0.25) is 0 Å². The smallest absolute Gasteiger partial charge is 0.111 e. The van der Waals surface area contributed by atoms with Crippen molar-refractivity contribution in [3.8, 4) is 5.69 Å². The molecule has 2 aromatic heterocycles. The lowest BCUT2D eigenvalue weighted by molar-refractivity contribution is 0.347. The summed E-state index contributed by atoms with van der Waals surface area (Å²) in [6, 6.07) is 6.52. The predicted molar refractivity (Wildman–Crippen MR) is 96.1 cm³/mol. The van der Waals surface area contributed by atoms with E-state index in [2.05, 4.69) is 45.6 Å². The van der Waals surface area contributed by atoms with Crippen molar-refractivity contribution in [2.24, 2.45) is 4.99 Å². The van der Waals surface area contributed by atoms with E-state index in [0.717, 1.165) is 22.4 Å². The van der Waals surface area contributed by atoms with Crippen molar-refractivity contribution >= 4 is 22.4 Å². The molecule has 1 spiro atoms. The first-order valence-electron chi connectivity index (χ1n) is 8.40. The summed E-state index contributed by atoms with van der Waals surface area (Å²) in [6.07, 6.45) is 9.33. The van der Waals surface area contributed by atoms with Crippen LogP contribution in [0.15, 0.2) is 41.8 Å². The standard InChI is InChI=1S/C19H19N5/c1-12-8-14-15(22-18(20-2)19(14)5-3-6-19)9-17(12)24-11-13-4-7-21-10-16(13)23-24/h4,7-11H,3,5-6H2,1-2H3,(H,20,22). The van der Waals surface area contributed by atoms with Gasteiger partial charge in [0.05, 0.1) is 17.3 Å². The third-order valence-electron chi connectivity index (χ3n) is 5.55. The molecule has 24 heavy (non-hydrogen) atoms. The summed E-state index contributed by atoms with van der Waals surface area (Å²) in [4.78, 5) is 8.67. The average Bonchev–Trinajstić information content (AvgIpc) is 3.11. The van der Waals surface area contributed by atoms with Gasteiger partial charge in [-0.1, -0.05) is 12.5 Å². The molecule has 1 aromatic carbocycles. The van der Waals surface area contributed by atoms with E-state index >= 15 is 0 Å². The minimum absolute atomic E-state index is 0.131. The van der Waals surface area contributed by atoms with Gasteiger partial charge in [0.1, 0.15) is 11.4 Å². The van der Waals surface area contributed by atoms with E-state index in [9.17, 15) is 0 Å².